The number of aliphatic hydroxyl groups is 1. The second-order valence-electron chi connectivity index (χ2n) is 11.2. The van der Waals surface area contributed by atoms with Crippen molar-refractivity contribution in [1.82, 2.24) is 9.80 Å². The van der Waals surface area contributed by atoms with Crippen LogP contribution in [0.2, 0.25) is 0 Å². The molecule has 0 spiro atoms. The minimum Gasteiger partial charge on any atom is -0.493 e. The molecular weight excluding hydrogens is 638 g/mol. The molecule has 1 heterocycles. The van der Waals surface area contributed by atoms with Crippen molar-refractivity contribution in [2.24, 2.45) is 0 Å². The summed E-state index contributed by atoms with van der Waals surface area (Å²) in [6.45, 7) is 0.615. The van der Waals surface area contributed by atoms with Crippen LogP contribution in [0.4, 0.5) is 8.78 Å². The second kappa shape index (κ2) is 18.5. The number of aromatic carboxylic acids is 1. The van der Waals surface area contributed by atoms with E-state index in [9.17, 15) is 23.5 Å². The van der Waals surface area contributed by atoms with Gasteiger partial charge in [-0.3, -0.25) is 9.80 Å². The Morgan fingerprint density at radius 3 is 1.81 bits per heavy atom. The summed E-state index contributed by atoms with van der Waals surface area (Å²) < 4.78 is 68.1. The van der Waals surface area contributed by atoms with Crippen LogP contribution in [0.1, 0.15) is 46.4 Å². The number of ether oxygens (including phenoxy) is 7. The largest absolute Gasteiger partial charge is 0.493 e. The highest BCUT2D eigenvalue weighted by atomic mass is 19.3. The number of carboxylic acid groups (broad SMARTS) is 1. The van der Waals surface area contributed by atoms with Gasteiger partial charge >= 0.3 is 11.9 Å². The van der Waals surface area contributed by atoms with Gasteiger partial charge in [0.15, 0.2) is 23.0 Å². The normalized spacial score (nSPS) is 15.6. The molecule has 1 saturated heterocycles. The molecule has 0 saturated carbocycles. The van der Waals surface area contributed by atoms with Crippen LogP contribution >= 0.6 is 0 Å². The predicted octanol–water partition coefficient (Wildman–Crippen LogP) is 3.84. The quantitative estimate of drug-likeness (QED) is 0.163. The Morgan fingerprint density at radius 2 is 1.29 bits per heavy atom. The summed E-state index contributed by atoms with van der Waals surface area (Å²) in [6, 6.07) is 5.59. The summed E-state index contributed by atoms with van der Waals surface area (Å²) in [4.78, 5) is 28.3. The molecule has 1 atom stereocenters. The Balaban J connectivity index is 1.76. The summed E-state index contributed by atoms with van der Waals surface area (Å²) in [5, 5.41) is 18.6. The third-order valence-electron chi connectivity index (χ3n) is 7.84. The molecule has 268 valence electrons. The topological polar surface area (TPSA) is 146 Å². The first-order valence-corrected chi connectivity index (χ1v) is 15.6. The molecular formula is C33H46F2N2O11. The van der Waals surface area contributed by atoms with Gasteiger partial charge in [0.25, 0.3) is 5.92 Å². The number of rotatable bonds is 19. The Morgan fingerprint density at radius 1 is 0.771 bits per heavy atom. The number of methoxy groups -OCH3 is 5. The lowest BCUT2D eigenvalue weighted by Gasteiger charge is -2.26. The molecule has 13 nitrogen and oxygen atoms in total. The van der Waals surface area contributed by atoms with Crippen molar-refractivity contribution in [3.8, 4) is 34.5 Å². The highest BCUT2D eigenvalue weighted by Crippen LogP contribution is 2.40. The van der Waals surface area contributed by atoms with Crippen molar-refractivity contribution in [3.05, 3.63) is 35.4 Å². The lowest BCUT2D eigenvalue weighted by atomic mass is 10.1. The average Bonchev–Trinajstić information content (AvgIpc) is 3.22. The monoisotopic (exact) mass is 684 g/mol. The van der Waals surface area contributed by atoms with Crippen molar-refractivity contribution in [2.75, 3.05) is 88.0 Å². The molecule has 0 radical (unpaired) electrons. The molecule has 1 aliphatic heterocycles. The number of hydrogen-bond acceptors (Lipinski definition) is 12. The average molecular weight is 685 g/mol. The van der Waals surface area contributed by atoms with Crippen molar-refractivity contribution in [1.29, 1.82) is 0 Å². The molecule has 2 N–H and O–H groups in total. The van der Waals surface area contributed by atoms with Crippen molar-refractivity contribution in [2.45, 2.75) is 37.7 Å². The Kier molecular flexibility index (Phi) is 14.8. The van der Waals surface area contributed by atoms with Crippen LogP contribution in [-0.4, -0.2) is 132 Å². The van der Waals surface area contributed by atoms with E-state index in [1.807, 2.05) is 0 Å². The number of halogens is 2. The summed E-state index contributed by atoms with van der Waals surface area (Å²) >= 11 is 0. The van der Waals surface area contributed by atoms with E-state index in [4.69, 9.17) is 38.3 Å². The molecule has 0 amide bonds. The fraction of sp³-hybridized carbons (Fsp3) is 0.576. The van der Waals surface area contributed by atoms with Crippen LogP contribution in [0.25, 0.3) is 0 Å². The molecule has 48 heavy (non-hydrogen) atoms. The van der Waals surface area contributed by atoms with Gasteiger partial charge in [0.05, 0.1) is 66.4 Å². The summed E-state index contributed by atoms with van der Waals surface area (Å²) in [6.07, 6.45) is 0.650. The smallest absolute Gasteiger partial charge is 0.338 e. The molecule has 2 aromatic carbocycles. The predicted molar refractivity (Wildman–Crippen MR) is 171 cm³/mol. The lowest BCUT2D eigenvalue weighted by molar-refractivity contribution is -0.0405. The molecule has 0 aliphatic carbocycles. The van der Waals surface area contributed by atoms with Gasteiger partial charge in [-0.05, 0) is 49.9 Å². The van der Waals surface area contributed by atoms with Gasteiger partial charge < -0.3 is 43.4 Å². The van der Waals surface area contributed by atoms with Crippen LogP contribution in [0.3, 0.4) is 0 Å². The third kappa shape index (κ3) is 10.7. The Labute approximate surface area is 279 Å². The third-order valence-corrected chi connectivity index (χ3v) is 7.84. The van der Waals surface area contributed by atoms with Crippen molar-refractivity contribution < 1.29 is 61.7 Å². The van der Waals surface area contributed by atoms with Crippen LogP contribution in [-0.2, 0) is 4.74 Å². The maximum atomic E-state index is 14.8. The van der Waals surface area contributed by atoms with Gasteiger partial charge in [-0.2, -0.15) is 0 Å². The lowest BCUT2D eigenvalue weighted by Crippen LogP contribution is -2.40. The van der Waals surface area contributed by atoms with Crippen molar-refractivity contribution >= 4 is 11.9 Å². The summed E-state index contributed by atoms with van der Waals surface area (Å²) in [5.41, 5.74) is 0.0953. The molecule has 2 aromatic rings. The van der Waals surface area contributed by atoms with Crippen LogP contribution in [0.15, 0.2) is 24.3 Å². The highest BCUT2D eigenvalue weighted by molar-refractivity contribution is 5.91. The molecule has 1 aliphatic rings. The fourth-order valence-corrected chi connectivity index (χ4v) is 5.48. The first kappa shape index (κ1) is 38.4. The number of hydrogen-bond donors (Lipinski definition) is 2. The van der Waals surface area contributed by atoms with Crippen LogP contribution in [0, 0.1) is 0 Å². The maximum Gasteiger partial charge on any atom is 0.338 e. The number of aliphatic hydroxyl groups excluding tert-OH is 1. The van der Waals surface area contributed by atoms with E-state index in [0.29, 0.717) is 44.6 Å². The number of esters is 1. The zero-order chi connectivity index (χ0) is 35.3. The SMILES string of the molecule is COc1cc(C(=O)OC(CCCOc2cc(C(=O)O)cc(OC)c2OC)CCN2CCN(CCCO)CC(F)(F)C2)cc(OC)c1OC. The second-order valence-corrected chi connectivity index (χ2v) is 11.2. The Bertz CT molecular complexity index is 1340. The first-order chi connectivity index (χ1) is 23.0. The van der Waals surface area contributed by atoms with Gasteiger partial charge in [-0.25, -0.2) is 18.4 Å². The maximum absolute atomic E-state index is 14.8. The minimum atomic E-state index is -2.95. The van der Waals surface area contributed by atoms with E-state index in [1.165, 1.54) is 59.8 Å². The van der Waals surface area contributed by atoms with Gasteiger partial charge in [0.2, 0.25) is 11.5 Å². The van der Waals surface area contributed by atoms with E-state index < -0.39 is 37.1 Å². The molecule has 1 unspecified atom stereocenters. The van der Waals surface area contributed by atoms with Crippen LogP contribution < -0.4 is 28.4 Å². The van der Waals surface area contributed by atoms with E-state index in [0.717, 1.165) is 0 Å². The molecule has 0 bridgehead atoms. The number of nitrogens with zero attached hydrogens (tertiary/aromatic N) is 2. The number of carbonyl (C=O) groups excluding carboxylic acids is 1. The molecule has 3 rings (SSSR count). The minimum absolute atomic E-state index is 0.0519. The number of carbonyl (C=O) groups is 2. The highest BCUT2D eigenvalue weighted by Gasteiger charge is 2.37. The first-order valence-electron chi connectivity index (χ1n) is 15.6. The van der Waals surface area contributed by atoms with E-state index in [2.05, 4.69) is 0 Å². The van der Waals surface area contributed by atoms with Gasteiger partial charge in [-0.1, -0.05) is 0 Å². The summed E-state index contributed by atoms with van der Waals surface area (Å²) in [7, 11) is 7.08. The van der Waals surface area contributed by atoms with E-state index in [1.54, 1.807) is 9.80 Å². The number of alkyl halides is 2. The fourth-order valence-electron chi connectivity index (χ4n) is 5.48. The van der Waals surface area contributed by atoms with E-state index in [-0.39, 0.29) is 66.1 Å². The molecule has 15 heteroatoms. The Hall–Kier alpha value is -4.08. The van der Waals surface area contributed by atoms with Crippen LogP contribution in [0.5, 0.6) is 34.5 Å². The zero-order valence-corrected chi connectivity index (χ0v) is 28.1. The number of carboxylic acids is 1. The van der Waals surface area contributed by atoms with Crippen molar-refractivity contribution in [3.63, 3.8) is 0 Å². The number of benzene rings is 2. The van der Waals surface area contributed by atoms with Gasteiger partial charge in [0.1, 0.15) is 6.10 Å². The van der Waals surface area contributed by atoms with E-state index >= 15 is 0 Å². The molecule has 0 aromatic heterocycles. The van der Waals surface area contributed by atoms with Gasteiger partial charge in [-0.15, -0.1) is 0 Å². The summed E-state index contributed by atoms with van der Waals surface area (Å²) in [5.74, 6) is -3.38. The van der Waals surface area contributed by atoms with Gasteiger partial charge in [0, 0.05) is 32.8 Å². The molecule has 1 fully saturated rings. The zero-order valence-electron chi connectivity index (χ0n) is 28.1. The standard InChI is InChI=1S/C33H46F2N2O11/c1-42-25-16-22(31(39)40)17-28(30(25)46-5)47-15-6-8-24(9-11-37-13-12-36(10-7-14-38)20-33(34,35)21-37)48-32(41)23-18-26(43-2)29(45-4)27(19-23)44-3/h16-19,24,38H,6-15,20-21H2,1-5H3,(H,39,40).